The highest BCUT2D eigenvalue weighted by Gasteiger charge is 2.05. The van der Waals surface area contributed by atoms with Gasteiger partial charge in [0.2, 0.25) is 0 Å². The lowest BCUT2D eigenvalue weighted by atomic mass is 10.1. The van der Waals surface area contributed by atoms with Gasteiger partial charge in [0.05, 0.1) is 0 Å². The van der Waals surface area contributed by atoms with Crippen LogP contribution in [0.5, 0.6) is 0 Å². The van der Waals surface area contributed by atoms with Crippen LogP contribution in [-0.2, 0) is 13.0 Å². The maximum atomic E-state index is 13.5. The van der Waals surface area contributed by atoms with Crippen LogP contribution in [-0.4, -0.2) is 6.04 Å². The van der Waals surface area contributed by atoms with Gasteiger partial charge in [-0.05, 0) is 37.1 Å². The minimum atomic E-state index is -0.158. The minimum Gasteiger partial charge on any atom is -0.399 e. The van der Waals surface area contributed by atoms with Crippen molar-refractivity contribution < 1.29 is 4.39 Å². The van der Waals surface area contributed by atoms with Crippen molar-refractivity contribution in [2.75, 3.05) is 5.73 Å². The summed E-state index contributed by atoms with van der Waals surface area (Å²) < 4.78 is 13.5. The molecule has 3 heteroatoms. The Morgan fingerprint density at radius 1 is 1.11 bits per heavy atom. The number of benzene rings is 2. The third-order valence-corrected chi connectivity index (χ3v) is 3.12. The summed E-state index contributed by atoms with van der Waals surface area (Å²) in [4.78, 5) is 0. The molecule has 0 aromatic heterocycles. The van der Waals surface area contributed by atoms with Crippen LogP contribution in [0.15, 0.2) is 48.5 Å². The van der Waals surface area contributed by atoms with E-state index < -0.39 is 0 Å². The van der Waals surface area contributed by atoms with Crippen LogP contribution in [0.2, 0.25) is 0 Å². The SMILES string of the molecule is CC(Cc1ccc(N)cc1)NCc1ccccc1F. The number of hydrogen-bond donors (Lipinski definition) is 2. The minimum absolute atomic E-state index is 0.158. The van der Waals surface area contributed by atoms with Crippen molar-refractivity contribution in [3.05, 3.63) is 65.5 Å². The Balaban J connectivity index is 1.86. The number of nitrogens with two attached hydrogens (primary N) is 1. The molecule has 0 saturated carbocycles. The fourth-order valence-electron chi connectivity index (χ4n) is 2.01. The zero-order chi connectivity index (χ0) is 13.7. The molecule has 1 atom stereocenters. The third kappa shape index (κ3) is 4.07. The Bertz CT molecular complexity index is 523. The lowest BCUT2D eigenvalue weighted by molar-refractivity contribution is 0.525. The van der Waals surface area contributed by atoms with Crippen molar-refractivity contribution in [3.63, 3.8) is 0 Å². The first-order valence-electron chi connectivity index (χ1n) is 6.46. The van der Waals surface area contributed by atoms with Crippen LogP contribution < -0.4 is 11.1 Å². The molecule has 0 aliphatic rings. The van der Waals surface area contributed by atoms with Crippen molar-refractivity contribution in [3.8, 4) is 0 Å². The Hall–Kier alpha value is -1.87. The van der Waals surface area contributed by atoms with E-state index in [1.165, 1.54) is 11.6 Å². The maximum Gasteiger partial charge on any atom is 0.127 e. The van der Waals surface area contributed by atoms with Crippen LogP contribution in [0.4, 0.5) is 10.1 Å². The van der Waals surface area contributed by atoms with Gasteiger partial charge in [-0.15, -0.1) is 0 Å². The van der Waals surface area contributed by atoms with Crippen LogP contribution >= 0.6 is 0 Å². The lowest BCUT2D eigenvalue weighted by Gasteiger charge is -2.14. The summed E-state index contributed by atoms with van der Waals surface area (Å²) in [6.07, 6.45) is 0.898. The van der Waals surface area contributed by atoms with Crippen molar-refractivity contribution in [1.29, 1.82) is 0 Å². The predicted octanol–water partition coefficient (Wildman–Crippen LogP) is 3.13. The lowest BCUT2D eigenvalue weighted by Crippen LogP contribution is -2.27. The highest BCUT2D eigenvalue weighted by molar-refractivity contribution is 5.39. The normalized spacial score (nSPS) is 12.3. The molecule has 0 bridgehead atoms. The standard InChI is InChI=1S/C16H19FN2/c1-12(10-13-6-8-15(18)9-7-13)19-11-14-4-2-3-5-16(14)17/h2-9,12,19H,10-11,18H2,1H3. The van der Waals surface area contributed by atoms with Gasteiger partial charge in [-0.2, -0.15) is 0 Å². The second-order valence-corrected chi connectivity index (χ2v) is 4.82. The maximum absolute atomic E-state index is 13.5. The van der Waals surface area contributed by atoms with E-state index in [0.29, 0.717) is 12.1 Å². The van der Waals surface area contributed by atoms with E-state index in [1.54, 1.807) is 12.1 Å². The molecule has 0 amide bonds. The van der Waals surface area contributed by atoms with Gasteiger partial charge in [0.1, 0.15) is 5.82 Å². The van der Waals surface area contributed by atoms with E-state index in [9.17, 15) is 4.39 Å². The number of nitrogen functional groups attached to an aromatic ring is 1. The Morgan fingerprint density at radius 2 is 1.79 bits per heavy atom. The van der Waals surface area contributed by atoms with Gasteiger partial charge in [-0.1, -0.05) is 30.3 Å². The fraction of sp³-hybridized carbons (Fsp3) is 0.250. The molecular weight excluding hydrogens is 239 g/mol. The molecule has 0 saturated heterocycles. The molecular formula is C16H19FN2. The van der Waals surface area contributed by atoms with Gasteiger partial charge in [-0.3, -0.25) is 0 Å². The quantitative estimate of drug-likeness (QED) is 0.809. The summed E-state index contributed by atoms with van der Waals surface area (Å²) >= 11 is 0. The summed E-state index contributed by atoms with van der Waals surface area (Å²) in [5, 5.41) is 3.33. The second kappa shape index (κ2) is 6.34. The molecule has 2 rings (SSSR count). The Labute approximate surface area is 113 Å². The van der Waals surface area contributed by atoms with Crippen LogP contribution in [0.3, 0.4) is 0 Å². The highest BCUT2D eigenvalue weighted by atomic mass is 19.1. The Morgan fingerprint density at radius 3 is 2.47 bits per heavy atom. The van der Waals surface area contributed by atoms with E-state index in [1.807, 2.05) is 30.3 Å². The molecule has 2 nitrogen and oxygen atoms in total. The molecule has 0 aliphatic carbocycles. The van der Waals surface area contributed by atoms with Crippen molar-refractivity contribution in [2.24, 2.45) is 0 Å². The average molecular weight is 258 g/mol. The average Bonchev–Trinajstić information content (AvgIpc) is 2.40. The van der Waals surface area contributed by atoms with Gasteiger partial charge < -0.3 is 11.1 Å². The summed E-state index contributed by atoms with van der Waals surface area (Å²) in [5.74, 6) is -0.158. The zero-order valence-electron chi connectivity index (χ0n) is 11.1. The number of hydrogen-bond acceptors (Lipinski definition) is 2. The van der Waals surface area contributed by atoms with Gasteiger partial charge in [0.15, 0.2) is 0 Å². The number of anilines is 1. The van der Waals surface area contributed by atoms with Crippen molar-refractivity contribution in [2.45, 2.75) is 25.9 Å². The molecule has 0 heterocycles. The van der Waals surface area contributed by atoms with E-state index in [2.05, 4.69) is 12.2 Å². The molecule has 0 spiro atoms. The predicted molar refractivity (Wildman–Crippen MR) is 77.3 cm³/mol. The number of nitrogens with one attached hydrogen (secondary N) is 1. The molecule has 2 aromatic rings. The first-order chi connectivity index (χ1) is 9.15. The fourth-order valence-corrected chi connectivity index (χ4v) is 2.01. The van der Waals surface area contributed by atoms with E-state index >= 15 is 0 Å². The number of rotatable bonds is 5. The topological polar surface area (TPSA) is 38.0 Å². The number of halogens is 1. The van der Waals surface area contributed by atoms with E-state index in [0.717, 1.165) is 12.1 Å². The third-order valence-electron chi connectivity index (χ3n) is 3.12. The smallest absolute Gasteiger partial charge is 0.127 e. The monoisotopic (exact) mass is 258 g/mol. The van der Waals surface area contributed by atoms with Crippen molar-refractivity contribution in [1.82, 2.24) is 5.32 Å². The Kier molecular flexibility index (Phi) is 4.53. The summed E-state index contributed by atoms with van der Waals surface area (Å²) in [6, 6.07) is 15.0. The van der Waals surface area contributed by atoms with Gasteiger partial charge >= 0.3 is 0 Å². The zero-order valence-corrected chi connectivity index (χ0v) is 11.1. The molecule has 0 fully saturated rings. The van der Waals surface area contributed by atoms with Crippen LogP contribution in [0.25, 0.3) is 0 Å². The second-order valence-electron chi connectivity index (χ2n) is 4.82. The molecule has 0 aliphatic heterocycles. The molecule has 100 valence electrons. The molecule has 2 aromatic carbocycles. The first kappa shape index (κ1) is 13.6. The highest BCUT2D eigenvalue weighted by Crippen LogP contribution is 2.09. The summed E-state index contributed by atoms with van der Waals surface area (Å²) in [7, 11) is 0. The molecule has 0 radical (unpaired) electrons. The van der Waals surface area contributed by atoms with Gasteiger partial charge in [0, 0.05) is 23.8 Å². The largest absolute Gasteiger partial charge is 0.399 e. The van der Waals surface area contributed by atoms with Gasteiger partial charge in [0.25, 0.3) is 0 Å². The van der Waals surface area contributed by atoms with Crippen LogP contribution in [0.1, 0.15) is 18.1 Å². The summed E-state index contributed by atoms with van der Waals surface area (Å²) in [6.45, 7) is 2.64. The molecule has 3 N–H and O–H groups in total. The first-order valence-corrected chi connectivity index (χ1v) is 6.46. The summed E-state index contributed by atoms with van der Waals surface area (Å²) in [5.41, 5.74) is 8.35. The van der Waals surface area contributed by atoms with Gasteiger partial charge in [-0.25, -0.2) is 4.39 Å². The van der Waals surface area contributed by atoms with Crippen LogP contribution in [0, 0.1) is 5.82 Å². The van der Waals surface area contributed by atoms with E-state index in [-0.39, 0.29) is 11.9 Å². The molecule has 19 heavy (non-hydrogen) atoms. The van der Waals surface area contributed by atoms with E-state index in [4.69, 9.17) is 5.73 Å². The molecule has 1 unspecified atom stereocenters. The van der Waals surface area contributed by atoms with Crippen molar-refractivity contribution >= 4 is 5.69 Å².